The van der Waals surface area contributed by atoms with Crippen molar-refractivity contribution >= 4 is 16.6 Å². The van der Waals surface area contributed by atoms with Crippen LogP contribution in [0, 0.1) is 0 Å². The minimum Gasteiger partial charge on any atom is -0.453 e. The monoisotopic (exact) mass is 240 g/mol. The van der Waals surface area contributed by atoms with Gasteiger partial charge < -0.3 is 10.5 Å². The van der Waals surface area contributed by atoms with Gasteiger partial charge in [-0.2, -0.15) is 5.10 Å². The summed E-state index contributed by atoms with van der Waals surface area (Å²) in [6.45, 7) is 0. The first-order chi connectivity index (χ1) is 8.74. The van der Waals surface area contributed by atoms with Crippen LogP contribution in [0.15, 0.2) is 42.9 Å². The van der Waals surface area contributed by atoms with Crippen molar-refractivity contribution in [2.45, 2.75) is 0 Å². The number of pyridine rings is 1. The zero-order chi connectivity index (χ0) is 12.5. The largest absolute Gasteiger partial charge is 0.453 e. The van der Waals surface area contributed by atoms with Crippen LogP contribution in [0.2, 0.25) is 0 Å². The van der Waals surface area contributed by atoms with E-state index in [4.69, 9.17) is 10.5 Å². The first-order valence-electron chi connectivity index (χ1n) is 5.54. The molecule has 0 aliphatic rings. The molecule has 2 heterocycles. The summed E-state index contributed by atoms with van der Waals surface area (Å²) in [5.41, 5.74) is 7.28. The summed E-state index contributed by atoms with van der Waals surface area (Å²) < 4.78 is 7.48. The number of hydrogen-bond acceptors (Lipinski definition) is 4. The molecule has 5 nitrogen and oxygen atoms in total. The van der Waals surface area contributed by atoms with Crippen LogP contribution in [0.3, 0.4) is 0 Å². The number of benzene rings is 1. The number of nitrogens with two attached hydrogens (primary N) is 1. The highest BCUT2D eigenvalue weighted by Crippen LogP contribution is 2.31. The molecule has 0 aliphatic heterocycles. The first-order valence-corrected chi connectivity index (χ1v) is 5.54. The smallest absolute Gasteiger partial charge is 0.165 e. The van der Waals surface area contributed by atoms with E-state index in [2.05, 4.69) is 10.1 Å². The SMILES string of the molecule is Cn1cc(Oc2ccc(N)c3ncccc23)cn1. The van der Waals surface area contributed by atoms with Gasteiger partial charge in [-0.25, -0.2) is 0 Å². The number of ether oxygens (including phenoxy) is 1. The van der Waals surface area contributed by atoms with Crippen LogP contribution < -0.4 is 10.5 Å². The predicted octanol–water partition coefficient (Wildman–Crippen LogP) is 2.34. The minimum absolute atomic E-state index is 0.643. The number of nitrogens with zero attached hydrogens (tertiary/aromatic N) is 3. The Morgan fingerprint density at radius 1 is 1.28 bits per heavy atom. The highest BCUT2D eigenvalue weighted by molar-refractivity contribution is 5.93. The van der Waals surface area contributed by atoms with Gasteiger partial charge in [0.1, 0.15) is 5.75 Å². The molecule has 0 saturated carbocycles. The van der Waals surface area contributed by atoms with Crippen molar-refractivity contribution in [1.82, 2.24) is 14.8 Å². The predicted molar refractivity (Wildman–Crippen MR) is 69.4 cm³/mol. The molecule has 0 unspecified atom stereocenters. The van der Waals surface area contributed by atoms with E-state index in [0.717, 1.165) is 16.7 Å². The lowest BCUT2D eigenvalue weighted by Crippen LogP contribution is -1.92. The Morgan fingerprint density at radius 2 is 2.17 bits per heavy atom. The maximum Gasteiger partial charge on any atom is 0.165 e. The summed E-state index contributed by atoms with van der Waals surface area (Å²) in [5.74, 6) is 1.41. The second kappa shape index (κ2) is 4.03. The molecule has 2 aromatic heterocycles. The average Bonchev–Trinajstić information content (AvgIpc) is 2.79. The van der Waals surface area contributed by atoms with E-state index in [9.17, 15) is 0 Å². The Bertz CT molecular complexity index is 705. The third-order valence-corrected chi connectivity index (χ3v) is 2.67. The Labute approximate surface area is 104 Å². The molecule has 3 aromatic rings. The Balaban J connectivity index is 2.09. The van der Waals surface area contributed by atoms with Gasteiger partial charge in [-0.15, -0.1) is 0 Å². The lowest BCUT2D eigenvalue weighted by molar-refractivity contribution is 0.487. The summed E-state index contributed by atoms with van der Waals surface area (Å²) >= 11 is 0. The molecule has 0 aliphatic carbocycles. The summed E-state index contributed by atoms with van der Waals surface area (Å²) in [4.78, 5) is 4.26. The van der Waals surface area contributed by atoms with Gasteiger partial charge in [0.2, 0.25) is 0 Å². The fourth-order valence-electron chi connectivity index (χ4n) is 1.84. The molecule has 0 bridgehead atoms. The van der Waals surface area contributed by atoms with Crippen molar-refractivity contribution in [2.75, 3.05) is 5.73 Å². The highest BCUT2D eigenvalue weighted by atomic mass is 16.5. The summed E-state index contributed by atoms with van der Waals surface area (Å²) in [6, 6.07) is 7.43. The summed E-state index contributed by atoms with van der Waals surface area (Å²) in [6.07, 6.45) is 5.18. The standard InChI is InChI=1S/C13H12N4O/c1-17-8-9(7-16-17)18-12-5-4-11(14)13-10(12)3-2-6-15-13/h2-8H,14H2,1H3. The van der Waals surface area contributed by atoms with Gasteiger partial charge in [-0.3, -0.25) is 9.67 Å². The third kappa shape index (κ3) is 1.75. The zero-order valence-corrected chi connectivity index (χ0v) is 9.87. The number of aryl methyl sites for hydroxylation is 1. The van der Waals surface area contributed by atoms with Crippen LogP contribution in [0.5, 0.6) is 11.5 Å². The van der Waals surface area contributed by atoms with Gasteiger partial charge in [0, 0.05) is 18.6 Å². The Morgan fingerprint density at radius 3 is 2.94 bits per heavy atom. The van der Waals surface area contributed by atoms with Crippen molar-refractivity contribution < 1.29 is 4.74 Å². The van der Waals surface area contributed by atoms with Gasteiger partial charge in [0.25, 0.3) is 0 Å². The van der Waals surface area contributed by atoms with E-state index in [0.29, 0.717) is 11.4 Å². The lowest BCUT2D eigenvalue weighted by Gasteiger charge is -2.08. The number of nitrogen functional groups attached to an aromatic ring is 1. The topological polar surface area (TPSA) is 66.0 Å². The van der Waals surface area contributed by atoms with Crippen LogP contribution in [-0.2, 0) is 7.05 Å². The average molecular weight is 240 g/mol. The molecule has 0 amide bonds. The van der Waals surface area contributed by atoms with Gasteiger partial charge in [0.05, 0.1) is 23.6 Å². The molecule has 0 saturated heterocycles. The van der Waals surface area contributed by atoms with Gasteiger partial charge in [-0.05, 0) is 24.3 Å². The molecule has 0 spiro atoms. The van der Waals surface area contributed by atoms with Crippen molar-refractivity contribution in [3.63, 3.8) is 0 Å². The van der Waals surface area contributed by atoms with E-state index in [1.807, 2.05) is 25.2 Å². The van der Waals surface area contributed by atoms with E-state index in [-0.39, 0.29) is 0 Å². The van der Waals surface area contributed by atoms with E-state index < -0.39 is 0 Å². The van der Waals surface area contributed by atoms with Crippen molar-refractivity contribution in [1.29, 1.82) is 0 Å². The molecule has 90 valence electrons. The molecule has 18 heavy (non-hydrogen) atoms. The quantitative estimate of drug-likeness (QED) is 0.698. The molecule has 2 N–H and O–H groups in total. The molecule has 5 heteroatoms. The summed E-state index contributed by atoms with van der Waals surface area (Å²) in [7, 11) is 1.84. The molecule has 0 radical (unpaired) electrons. The Hall–Kier alpha value is -2.56. The van der Waals surface area contributed by atoms with Crippen LogP contribution in [0.4, 0.5) is 5.69 Å². The molecule has 3 rings (SSSR count). The number of hydrogen-bond donors (Lipinski definition) is 1. The van der Waals surface area contributed by atoms with E-state index in [1.165, 1.54) is 0 Å². The molecule has 1 aromatic carbocycles. The van der Waals surface area contributed by atoms with Crippen LogP contribution in [0.1, 0.15) is 0 Å². The van der Waals surface area contributed by atoms with E-state index >= 15 is 0 Å². The van der Waals surface area contributed by atoms with Crippen molar-refractivity contribution in [2.24, 2.45) is 7.05 Å². The number of anilines is 1. The van der Waals surface area contributed by atoms with Crippen molar-refractivity contribution in [3.05, 3.63) is 42.9 Å². The highest BCUT2D eigenvalue weighted by Gasteiger charge is 2.07. The summed E-state index contributed by atoms with van der Waals surface area (Å²) in [5, 5.41) is 4.95. The van der Waals surface area contributed by atoms with Gasteiger partial charge >= 0.3 is 0 Å². The van der Waals surface area contributed by atoms with Crippen LogP contribution >= 0.6 is 0 Å². The number of rotatable bonds is 2. The number of fused-ring (bicyclic) bond motifs is 1. The lowest BCUT2D eigenvalue weighted by atomic mass is 10.2. The maximum atomic E-state index is 5.89. The minimum atomic E-state index is 0.643. The molecule has 0 atom stereocenters. The molecular formula is C13H12N4O. The van der Waals surface area contributed by atoms with Crippen LogP contribution in [0.25, 0.3) is 10.9 Å². The normalized spacial score (nSPS) is 10.7. The zero-order valence-electron chi connectivity index (χ0n) is 9.87. The third-order valence-electron chi connectivity index (χ3n) is 2.67. The number of aromatic nitrogens is 3. The molecular weight excluding hydrogens is 228 g/mol. The van der Waals surface area contributed by atoms with Gasteiger partial charge in [-0.1, -0.05) is 0 Å². The Kier molecular flexibility index (Phi) is 2.37. The van der Waals surface area contributed by atoms with E-state index in [1.54, 1.807) is 29.3 Å². The fourth-order valence-corrected chi connectivity index (χ4v) is 1.84. The second-order valence-corrected chi connectivity index (χ2v) is 4.00. The molecule has 0 fully saturated rings. The first kappa shape index (κ1) is 10.6. The van der Waals surface area contributed by atoms with Gasteiger partial charge in [0.15, 0.2) is 5.75 Å². The second-order valence-electron chi connectivity index (χ2n) is 4.00. The van der Waals surface area contributed by atoms with Crippen molar-refractivity contribution in [3.8, 4) is 11.5 Å². The van der Waals surface area contributed by atoms with Crippen LogP contribution in [-0.4, -0.2) is 14.8 Å². The fraction of sp³-hybridized carbons (Fsp3) is 0.0769. The maximum absolute atomic E-state index is 5.89.